The molecule has 144 valence electrons. The Kier molecular flexibility index (Phi) is 7.86. The van der Waals surface area contributed by atoms with Gasteiger partial charge in [-0.3, -0.25) is 4.79 Å². The molecule has 0 fully saturated rings. The van der Waals surface area contributed by atoms with E-state index in [4.69, 9.17) is 0 Å². The van der Waals surface area contributed by atoms with Crippen molar-refractivity contribution in [1.82, 2.24) is 15.5 Å². The maximum atomic E-state index is 11.9. The molecule has 0 unspecified atom stereocenters. The number of nitrogens with zero attached hydrogens (tertiary/aromatic N) is 2. The molecule has 0 aliphatic rings. The summed E-state index contributed by atoms with van der Waals surface area (Å²) in [5.41, 5.74) is 4.35. The van der Waals surface area contributed by atoms with E-state index < -0.39 is 0 Å². The summed E-state index contributed by atoms with van der Waals surface area (Å²) >= 11 is 0. The highest BCUT2D eigenvalue weighted by Gasteiger charge is 2.07. The Bertz CT molecular complexity index is 749. The fourth-order valence-electron chi connectivity index (χ4n) is 2.60. The number of hydrogen-bond acceptors (Lipinski definition) is 2. The smallest absolute Gasteiger partial charge is 0.253 e. The molecule has 1 amide bonds. The van der Waals surface area contributed by atoms with E-state index in [0.29, 0.717) is 12.1 Å². The molecule has 5 nitrogen and oxygen atoms in total. The van der Waals surface area contributed by atoms with Crippen LogP contribution in [0.3, 0.4) is 0 Å². The summed E-state index contributed by atoms with van der Waals surface area (Å²) in [7, 11) is 3.51. The van der Waals surface area contributed by atoms with Gasteiger partial charge in [-0.2, -0.15) is 0 Å². The summed E-state index contributed by atoms with van der Waals surface area (Å²) in [6.07, 6.45) is 0.950. The summed E-state index contributed by atoms with van der Waals surface area (Å²) in [6, 6.07) is 16.2. The van der Waals surface area contributed by atoms with Gasteiger partial charge in [0.1, 0.15) is 0 Å². The Labute approximate surface area is 162 Å². The highest BCUT2D eigenvalue weighted by molar-refractivity contribution is 5.93. The zero-order valence-corrected chi connectivity index (χ0v) is 16.7. The molecule has 2 aromatic rings. The first-order valence-electron chi connectivity index (χ1n) is 9.38. The topological polar surface area (TPSA) is 56.7 Å². The van der Waals surface area contributed by atoms with Gasteiger partial charge in [-0.15, -0.1) is 0 Å². The van der Waals surface area contributed by atoms with Crippen LogP contribution in [0.25, 0.3) is 0 Å². The van der Waals surface area contributed by atoms with Crippen LogP contribution in [0.5, 0.6) is 0 Å². The first-order chi connectivity index (χ1) is 13.0. The molecule has 0 saturated heterocycles. The second-order valence-corrected chi connectivity index (χ2v) is 6.75. The molecule has 0 aliphatic heterocycles. The van der Waals surface area contributed by atoms with Crippen molar-refractivity contribution in [1.29, 1.82) is 0 Å². The van der Waals surface area contributed by atoms with E-state index >= 15 is 0 Å². The molecule has 0 aromatic heterocycles. The molecule has 0 atom stereocenters. The predicted octanol–water partition coefficient (Wildman–Crippen LogP) is 2.99. The number of amides is 1. The second-order valence-electron chi connectivity index (χ2n) is 6.75. The lowest BCUT2D eigenvalue weighted by Gasteiger charge is -2.12. The molecule has 27 heavy (non-hydrogen) atoms. The Hall–Kier alpha value is -2.82. The maximum Gasteiger partial charge on any atom is 0.253 e. The molecular formula is C22H30N4O. The molecule has 2 aromatic carbocycles. The SMILES string of the molecule is CCNC(=NCc1ccc(C(=O)N(C)C)cc1)NCCc1ccc(C)cc1. The lowest BCUT2D eigenvalue weighted by atomic mass is 10.1. The third-order valence-corrected chi connectivity index (χ3v) is 4.20. The van der Waals surface area contributed by atoms with Gasteiger partial charge < -0.3 is 15.5 Å². The van der Waals surface area contributed by atoms with Gasteiger partial charge in [0.25, 0.3) is 5.91 Å². The second kappa shape index (κ2) is 10.4. The third kappa shape index (κ3) is 6.77. The lowest BCUT2D eigenvalue weighted by Crippen LogP contribution is -2.38. The first kappa shape index (κ1) is 20.5. The minimum absolute atomic E-state index is 0.0103. The Morgan fingerprint density at radius 3 is 2.19 bits per heavy atom. The van der Waals surface area contributed by atoms with Gasteiger partial charge >= 0.3 is 0 Å². The van der Waals surface area contributed by atoms with Crippen LogP contribution < -0.4 is 10.6 Å². The molecule has 5 heteroatoms. The van der Waals surface area contributed by atoms with Crippen molar-refractivity contribution < 1.29 is 4.79 Å². The molecule has 0 radical (unpaired) electrons. The van der Waals surface area contributed by atoms with Crippen molar-refractivity contribution >= 4 is 11.9 Å². The van der Waals surface area contributed by atoms with Gasteiger partial charge in [0.15, 0.2) is 5.96 Å². The fraction of sp³-hybridized carbons (Fsp3) is 0.364. The Morgan fingerprint density at radius 2 is 1.59 bits per heavy atom. The maximum absolute atomic E-state index is 11.9. The summed E-state index contributed by atoms with van der Waals surface area (Å²) in [6.45, 7) is 6.36. The van der Waals surface area contributed by atoms with Crippen molar-refractivity contribution in [3.8, 4) is 0 Å². The highest BCUT2D eigenvalue weighted by atomic mass is 16.2. The molecule has 0 spiro atoms. The summed E-state index contributed by atoms with van der Waals surface area (Å²) in [5.74, 6) is 0.814. The van der Waals surface area contributed by atoms with Crippen LogP contribution in [-0.2, 0) is 13.0 Å². The minimum atomic E-state index is 0.0103. The molecular weight excluding hydrogens is 336 g/mol. The van der Waals surface area contributed by atoms with E-state index in [9.17, 15) is 4.79 Å². The minimum Gasteiger partial charge on any atom is -0.357 e. The fourth-order valence-corrected chi connectivity index (χ4v) is 2.60. The zero-order chi connectivity index (χ0) is 19.6. The molecule has 0 aliphatic carbocycles. The predicted molar refractivity (Wildman–Crippen MR) is 112 cm³/mol. The van der Waals surface area contributed by atoms with E-state index in [-0.39, 0.29) is 5.91 Å². The molecule has 0 bridgehead atoms. The van der Waals surface area contributed by atoms with Crippen LogP contribution in [0.15, 0.2) is 53.5 Å². The van der Waals surface area contributed by atoms with Crippen LogP contribution in [0.4, 0.5) is 0 Å². The Morgan fingerprint density at radius 1 is 0.963 bits per heavy atom. The van der Waals surface area contributed by atoms with E-state index in [2.05, 4.69) is 53.7 Å². The number of hydrogen-bond donors (Lipinski definition) is 2. The van der Waals surface area contributed by atoms with Gasteiger partial charge in [0.2, 0.25) is 0 Å². The molecule has 2 rings (SSSR count). The largest absolute Gasteiger partial charge is 0.357 e. The van der Waals surface area contributed by atoms with Crippen molar-refractivity contribution in [2.75, 3.05) is 27.2 Å². The zero-order valence-electron chi connectivity index (χ0n) is 16.7. The number of carbonyl (C=O) groups excluding carboxylic acids is 1. The van der Waals surface area contributed by atoms with Gasteiger partial charge in [0, 0.05) is 32.7 Å². The quantitative estimate of drug-likeness (QED) is 0.585. The van der Waals surface area contributed by atoms with Gasteiger partial charge in [-0.25, -0.2) is 4.99 Å². The summed E-state index contributed by atoms with van der Waals surface area (Å²) < 4.78 is 0. The van der Waals surface area contributed by atoms with Gasteiger partial charge in [-0.1, -0.05) is 42.0 Å². The lowest BCUT2D eigenvalue weighted by molar-refractivity contribution is 0.0827. The summed E-state index contributed by atoms with van der Waals surface area (Å²) in [5, 5.41) is 6.65. The summed E-state index contributed by atoms with van der Waals surface area (Å²) in [4.78, 5) is 18.2. The van der Waals surface area contributed by atoms with E-state index in [1.165, 1.54) is 11.1 Å². The van der Waals surface area contributed by atoms with E-state index in [1.807, 2.05) is 24.3 Å². The third-order valence-electron chi connectivity index (χ3n) is 4.20. The van der Waals surface area contributed by atoms with E-state index in [0.717, 1.165) is 31.0 Å². The number of carbonyl (C=O) groups is 1. The number of benzene rings is 2. The van der Waals surface area contributed by atoms with Crippen LogP contribution in [0, 0.1) is 6.92 Å². The normalized spacial score (nSPS) is 11.2. The van der Waals surface area contributed by atoms with Gasteiger partial charge in [0.05, 0.1) is 6.54 Å². The van der Waals surface area contributed by atoms with Gasteiger partial charge in [-0.05, 0) is 43.5 Å². The average Bonchev–Trinajstić information content (AvgIpc) is 2.67. The monoisotopic (exact) mass is 366 g/mol. The highest BCUT2D eigenvalue weighted by Crippen LogP contribution is 2.07. The van der Waals surface area contributed by atoms with Crippen molar-refractivity contribution in [3.05, 3.63) is 70.8 Å². The van der Waals surface area contributed by atoms with Crippen LogP contribution in [0.2, 0.25) is 0 Å². The number of aryl methyl sites for hydroxylation is 1. The number of aliphatic imine (C=N–C) groups is 1. The Balaban J connectivity index is 1.90. The standard InChI is InChI=1S/C22H30N4O/c1-5-23-22(24-15-14-18-8-6-17(2)7-9-18)25-16-19-10-12-20(13-11-19)21(27)26(3)4/h6-13H,5,14-16H2,1-4H3,(H2,23,24,25). The number of guanidine groups is 1. The van der Waals surface area contributed by atoms with Crippen molar-refractivity contribution in [2.45, 2.75) is 26.8 Å². The van der Waals surface area contributed by atoms with Crippen LogP contribution in [0.1, 0.15) is 34.0 Å². The molecule has 0 heterocycles. The first-order valence-corrected chi connectivity index (χ1v) is 9.38. The molecule has 0 saturated carbocycles. The van der Waals surface area contributed by atoms with Crippen molar-refractivity contribution in [2.24, 2.45) is 4.99 Å². The van der Waals surface area contributed by atoms with Crippen LogP contribution in [-0.4, -0.2) is 44.0 Å². The number of rotatable bonds is 7. The number of nitrogens with one attached hydrogen (secondary N) is 2. The van der Waals surface area contributed by atoms with Crippen LogP contribution >= 0.6 is 0 Å². The van der Waals surface area contributed by atoms with Crippen molar-refractivity contribution in [3.63, 3.8) is 0 Å². The van der Waals surface area contributed by atoms with E-state index in [1.54, 1.807) is 19.0 Å². The average molecular weight is 367 g/mol. The molecule has 2 N–H and O–H groups in total.